The van der Waals surface area contributed by atoms with Crippen molar-refractivity contribution in [3.63, 3.8) is 0 Å². The van der Waals surface area contributed by atoms with Gasteiger partial charge in [-0.25, -0.2) is 8.42 Å². The van der Waals surface area contributed by atoms with Crippen molar-refractivity contribution in [1.29, 1.82) is 0 Å². The Kier molecular flexibility index (Phi) is 7.41. The van der Waals surface area contributed by atoms with Crippen molar-refractivity contribution in [1.82, 2.24) is 9.78 Å². The molecule has 0 amide bonds. The molecule has 3 aromatic rings. The highest BCUT2D eigenvalue weighted by Crippen LogP contribution is 2.30. The highest BCUT2D eigenvalue weighted by Gasteiger charge is 2.29. The molecule has 0 N–H and O–H groups in total. The first-order chi connectivity index (χ1) is 17.0. The fourth-order valence-electron chi connectivity index (χ4n) is 5.08. The molecule has 5 rings (SSSR count). The fraction of sp³-hybridized carbons (Fsp3) is 0.519. The van der Waals surface area contributed by atoms with Gasteiger partial charge in [-0.3, -0.25) is 8.99 Å². The van der Waals surface area contributed by atoms with Gasteiger partial charge in [0.2, 0.25) is 0 Å². The summed E-state index contributed by atoms with van der Waals surface area (Å²) < 4.78 is 42.5. The molecule has 0 spiro atoms. The smallest absolute Gasteiger partial charge is 0.264 e. The van der Waals surface area contributed by atoms with Crippen molar-refractivity contribution < 1.29 is 17.9 Å². The number of anilines is 1. The zero-order valence-electron chi connectivity index (χ0n) is 20.4. The van der Waals surface area contributed by atoms with Crippen LogP contribution in [0, 0.1) is 11.8 Å². The van der Waals surface area contributed by atoms with E-state index in [2.05, 4.69) is 12.0 Å². The molecule has 0 aliphatic carbocycles. The third-order valence-corrected chi connectivity index (χ3v) is 9.16. The molecular weight excluding hydrogens is 462 g/mol. The zero-order valence-corrected chi connectivity index (χ0v) is 21.3. The maximum Gasteiger partial charge on any atom is 0.264 e. The summed E-state index contributed by atoms with van der Waals surface area (Å²) in [6.45, 7) is 6.36. The van der Waals surface area contributed by atoms with Crippen molar-refractivity contribution in [2.24, 2.45) is 11.8 Å². The van der Waals surface area contributed by atoms with E-state index in [-0.39, 0.29) is 5.92 Å². The lowest BCUT2D eigenvalue weighted by atomic mass is 10.0. The van der Waals surface area contributed by atoms with Crippen molar-refractivity contribution in [2.45, 2.75) is 50.5 Å². The summed E-state index contributed by atoms with van der Waals surface area (Å²) in [6, 6.07) is 13.3. The Hall–Kier alpha value is -2.42. The number of hydrogen-bond acceptors (Lipinski definition) is 5. The van der Waals surface area contributed by atoms with E-state index < -0.39 is 10.0 Å². The molecule has 0 unspecified atom stereocenters. The lowest BCUT2D eigenvalue weighted by Crippen LogP contribution is -2.37. The highest BCUT2D eigenvalue weighted by molar-refractivity contribution is 7.92. The van der Waals surface area contributed by atoms with Gasteiger partial charge < -0.3 is 9.47 Å². The van der Waals surface area contributed by atoms with Gasteiger partial charge in [0.1, 0.15) is 0 Å². The minimum Gasteiger partial charge on any atom is -0.381 e. The van der Waals surface area contributed by atoms with E-state index in [1.165, 1.54) is 5.56 Å². The van der Waals surface area contributed by atoms with E-state index in [4.69, 9.17) is 9.47 Å². The van der Waals surface area contributed by atoms with Crippen LogP contribution in [-0.4, -0.2) is 51.2 Å². The molecule has 1 aromatic heterocycles. The molecule has 0 saturated carbocycles. The third-order valence-electron chi connectivity index (χ3n) is 7.37. The monoisotopic (exact) mass is 497 g/mol. The number of aromatic nitrogens is 2. The van der Waals surface area contributed by atoms with Gasteiger partial charge in [-0.2, -0.15) is 5.10 Å². The van der Waals surface area contributed by atoms with E-state index in [1.54, 1.807) is 22.6 Å². The minimum absolute atomic E-state index is 0.273. The van der Waals surface area contributed by atoms with E-state index in [0.29, 0.717) is 36.3 Å². The van der Waals surface area contributed by atoms with Crippen LogP contribution < -0.4 is 4.31 Å². The molecule has 188 valence electrons. The summed E-state index contributed by atoms with van der Waals surface area (Å²) in [5.74, 6) is 0.812. The van der Waals surface area contributed by atoms with E-state index in [0.717, 1.165) is 62.8 Å². The Bertz CT molecular complexity index is 1230. The van der Waals surface area contributed by atoms with Crippen LogP contribution in [0.5, 0.6) is 0 Å². The number of rotatable bonds is 8. The first-order valence-corrected chi connectivity index (χ1v) is 14.2. The molecule has 3 heterocycles. The highest BCUT2D eigenvalue weighted by atomic mass is 32.2. The SMILES string of the molecule is CCc1ccc(N(CC2CCOCC2)S(=O)(=O)c2ccc3c(cnn3CC3CCOCC3)c2)cc1. The first-order valence-electron chi connectivity index (χ1n) is 12.8. The van der Waals surface area contributed by atoms with Crippen LogP contribution in [-0.2, 0) is 32.5 Å². The predicted molar refractivity (Wildman–Crippen MR) is 137 cm³/mol. The van der Waals surface area contributed by atoms with Crippen LogP contribution in [0.25, 0.3) is 10.9 Å². The van der Waals surface area contributed by atoms with Gasteiger partial charge in [0, 0.05) is 44.9 Å². The van der Waals surface area contributed by atoms with Crippen molar-refractivity contribution in [2.75, 3.05) is 37.3 Å². The van der Waals surface area contributed by atoms with E-state index >= 15 is 0 Å². The minimum atomic E-state index is -3.74. The number of nitrogens with zero attached hydrogens (tertiary/aromatic N) is 3. The summed E-state index contributed by atoms with van der Waals surface area (Å²) in [7, 11) is -3.74. The zero-order chi connectivity index (χ0) is 24.3. The predicted octanol–water partition coefficient (Wildman–Crippen LogP) is 4.65. The van der Waals surface area contributed by atoms with Crippen molar-refractivity contribution in [3.8, 4) is 0 Å². The van der Waals surface area contributed by atoms with Crippen LogP contribution in [0.3, 0.4) is 0 Å². The molecule has 2 fully saturated rings. The average molecular weight is 498 g/mol. The van der Waals surface area contributed by atoms with E-state index in [9.17, 15) is 8.42 Å². The van der Waals surface area contributed by atoms with Crippen LogP contribution in [0.4, 0.5) is 5.69 Å². The van der Waals surface area contributed by atoms with Gasteiger partial charge >= 0.3 is 0 Å². The van der Waals surface area contributed by atoms with Gasteiger partial charge in [0.25, 0.3) is 10.0 Å². The topological polar surface area (TPSA) is 73.7 Å². The van der Waals surface area contributed by atoms with Crippen LogP contribution in [0.15, 0.2) is 53.6 Å². The lowest BCUT2D eigenvalue weighted by molar-refractivity contribution is 0.0605. The summed E-state index contributed by atoms with van der Waals surface area (Å²) >= 11 is 0. The Morgan fingerprint density at radius 2 is 1.60 bits per heavy atom. The Morgan fingerprint density at radius 1 is 0.943 bits per heavy atom. The molecule has 8 heteroatoms. The quantitative estimate of drug-likeness (QED) is 0.453. The number of benzene rings is 2. The first kappa shape index (κ1) is 24.3. The molecule has 0 atom stereocenters. The second-order valence-corrected chi connectivity index (χ2v) is 11.6. The molecule has 2 aromatic carbocycles. The Balaban J connectivity index is 1.44. The Morgan fingerprint density at radius 3 is 2.26 bits per heavy atom. The normalized spacial score (nSPS) is 18.2. The van der Waals surface area contributed by atoms with Crippen LogP contribution in [0.2, 0.25) is 0 Å². The van der Waals surface area contributed by atoms with Gasteiger partial charge in [0.15, 0.2) is 0 Å². The second kappa shape index (κ2) is 10.7. The van der Waals surface area contributed by atoms with Crippen molar-refractivity contribution in [3.05, 3.63) is 54.2 Å². The van der Waals surface area contributed by atoms with Crippen LogP contribution in [0.1, 0.15) is 38.2 Å². The Labute approximate surface area is 208 Å². The standard InChI is InChI=1S/C27H35N3O4S/c1-2-21-3-5-25(6-4-21)30(20-23-11-15-34-16-12-23)35(31,32)26-7-8-27-24(17-26)18-28-29(27)19-22-9-13-33-14-10-22/h3-8,17-18,22-23H,2,9-16,19-20H2,1H3. The fourth-order valence-corrected chi connectivity index (χ4v) is 6.65. The molecule has 2 saturated heterocycles. The van der Waals surface area contributed by atoms with Crippen molar-refractivity contribution >= 4 is 26.6 Å². The summed E-state index contributed by atoms with van der Waals surface area (Å²) in [5, 5.41) is 5.43. The molecule has 0 bridgehead atoms. The molecule has 0 radical (unpaired) electrons. The van der Waals surface area contributed by atoms with Gasteiger partial charge in [-0.1, -0.05) is 19.1 Å². The lowest BCUT2D eigenvalue weighted by Gasteiger charge is -2.31. The molecule has 2 aliphatic rings. The maximum absolute atomic E-state index is 14.0. The number of aryl methyl sites for hydroxylation is 1. The van der Waals surface area contributed by atoms with E-state index in [1.807, 2.05) is 35.0 Å². The summed E-state index contributed by atoms with van der Waals surface area (Å²) in [5.41, 5.74) is 2.87. The molecular formula is C27H35N3O4S. The van der Waals surface area contributed by atoms with Gasteiger partial charge in [0.05, 0.1) is 22.3 Å². The largest absolute Gasteiger partial charge is 0.381 e. The van der Waals surface area contributed by atoms with Gasteiger partial charge in [-0.15, -0.1) is 0 Å². The van der Waals surface area contributed by atoms with Gasteiger partial charge in [-0.05, 0) is 79.8 Å². The number of hydrogen-bond donors (Lipinski definition) is 0. The number of ether oxygens (including phenoxy) is 2. The average Bonchev–Trinajstić information content (AvgIpc) is 3.30. The molecule has 35 heavy (non-hydrogen) atoms. The summed E-state index contributed by atoms with van der Waals surface area (Å²) in [6.07, 6.45) is 6.51. The van der Waals surface area contributed by atoms with Crippen LogP contribution >= 0.6 is 0 Å². The third kappa shape index (κ3) is 5.39. The number of fused-ring (bicyclic) bond motifs is 1. The number of sulfonamides is 1. The summed E-state index contributed by atoms with van der Waals surface area (Å²) in [4.78, 5) is 0.308. The molecule has 2 aliphatic heterocycles. The molecule has 7 nitrogen and oxygen atoms in total. The second-order valence-electron chi connectivity index (χ2n) is 9.71. The maximum atomic E-state index is 14.0.